The fraction of sp³-hybridized carbons (Fsp3) is 0.304. The number of piperidine rings is 1. The number of amides is 4. The number of ether oxygens (including phenoxy) is 3. The largest absolute Gasteiger partial charge is 0.494 e. The van der Waals surface area contributed by atoms with Crippen molar-refractivity contribution in [3.63, 3.8) is 0 Å². The molecular weight excluding hydrogens is 871 g/mol. The summed E-state index contributed by atoms with van der Waals surface area (Å²) in [4.78, 5) is 58.5. The molecule has 6 aromatic rings. The molecule has 0 aliphatic carbocycles. The Morgan fingerprint density at radius 2 is 1.72 bits per heavy atom. The Hall–Kier alpha value is -6.92. The van der Waals surface area contributed by atoms with Gasteiger partial charge in [-0.25, -0.2) is 4.98 Å². The maximum atomic E-state index is 13.3. The minimum Gasteiger partial charge on any atom is -0.494 e. The number of rotatable bonds is 18. The SMILES string of the molecule is O=C(COc1cccc2c1CN(C1CCC(=O)NC1=O)C2=O)NCCCOCCCOc1ccc(CCc2c(-c3ccc(C(F)(F)F)cc3)nn(-c3nc4cc(Cl)ccc4[nH]3)c2O)cc1. The van der Waals surface area contributed by atoms with Crippen molar-refractivity contribution < 1.29 is 51.7 Å². The molecule has 4 heterocycles. The predicted octanol–water partition coefficient (Wildman–Crippen LogP) is 6.71. The van der Waals surface area contributed by atoms with Crippen LogP contribution in [0, 0.1) is 0 Å². The molecule has 0 bridgehead atoms. The Kier molecular flexibility index (Phi) is 13.4. The van der Waals surface area contributed by atoms with Gasteiger partial charge in [0.2, 0.25) is 23.6 Å². The van der Waals surface area contributed by atoms with Crippen LogP contribution in [0.3, 0.4) is 0 Å². The molecule has 0 saturated carbocycles. The number of H-pyrrole nitrogens is 1. The first-order chi connectivity index (χ1) is 31.3. The molecule has 65 heavy (non-hydrogen) atoms. The molecule has 19 heteroatoms. The van der Waals surface area contributed by atoms with E-state index in [1.165, 1.54) is 21.7 Å². The van der Waals surface area contributed by atoms with E-state index in [0.29, 0.717) is 108 Å². The number of halogens is 4. The maximum Gasteiger partial charge on any atom is 0.416 e. The summed E-state index contributed by atoms with van der Waals surface area (Å²) in [6.45, 7) is 1.53. The van der Waals surface area contributed by atoms with Crippen LogP contribution in [0.2, 0.25) is 5.02 Å². The Bertz CT molecular complexity index is 2720. The Morgan fingerprint density at radius 1 is 0.938 bits per heavy atom. The number of hydrogen-bond acceptors (Lipinski definition) is 10. The number of nitrogens with zero attached hydrogens (tertiary/aromatic N) is 4. The number of aryl methyl sites for hydroxylation is 1. The number of carbonyl (C=O) groups is 4. The van der Waals surface area contributed by atoms with Crippen LogP contribution in [-0.2, 0) is 44.7 Å². The number of aromatic nitrogens is 4. The zero-order valence-corrected chi connectivity index (χ0v) is 35.5. The summed E-state index contributed by atoms with van der Waals surface area (Å²) >= 11 is 6.14. The molecular formula is C46H43ClF3N7O8. The van der Waals surface area contributed by atoms with E-state index in [1.54, 1.807) is 36.4 Å². The number of benzene rings is 4. The van der Waals surface area contributed by atoms with Gasteiger partial charge >= 0.3 is 6.18 Å². The van der Waals surface area contributed by atoms with Crippen molar-refractivity contribution >= 4 is 46.3 Å². The second kappa shape index (κ2) is 19.4. The van der Waals surface area contributed by atoms with Crippen LogP contribution >= 0.6 is 11.6 Å². The standard InChI is InChI=1S/C46H43ClF3N7O8/c47-30-13-17-35-36(24-30)53-45(52-35)57-44(62)33(41(55-57)28-9-11-29(12-10-28)46(48,49)50)16-8-27-6-14-31(15-7-27)64-23-3-22-63-21-2-20-51-40(59)26-65-38-5-1-4-32-34(38)25-56(43(32)61)37-18-19-39(58)54-42(37)60/h1,4-7,9-15,17,24,37,62H,2-3,8,16,18-23,25-26H2,(H,51,59)(H,52,53)(H,54,58,60). The smallest absolute Gasteiger partial charge is 0.416 e. The molecule has 4 N–H and O–H groups in total. The van der Waals surface area contributed by atoms with Crippen molar-refractivity contribution in [1.82, 2.24) is 35.3 Å². The number of fused-ring (bicyclic) bond motifs is 2. The summed E-state index contributed by atoms with van der Waals surface area (Å²) in [5.41, 5.74) is 3.50. The summed E-state index contributed by atoms with van der Waals surface area (Å²) in [7, 11) is 0. The third-order valence-corrected chi connectivity index (χ3v) is 11.3. The molecule has 2 aromatic heterocycles. The lowest BCUT2D eigenvalue weighted by Gasteiger charge is -2.29. The van der Waals surface area contributed by atoms with Crippen LogP contribution in [-0.4, -0.2) is 92.4 Å². The van der Waals surface area contributed by atoms with Gasteiger partial charge < -0.3 is 34.5 Å². The highest BCUT2D eigenvalue weighted by Crippen LogP contribution is 2.37. The number of hydrogen-bond donors (Lipinski definition) is 4. The summed E-state index contributed by atoms with van der Waals surface area (Å²) in [5.74, 6) is -0.465. The number of aromatic hydroxyl groups is 1. The minimum atomic E-state index is -4.50. The first-order valence-corrected chi connectivity index (χ1v) is 21.3. The molecule has 15 nitrogen and oxygen atoms in total. The molecule has 0 spiro atoms. The van der Waals surface area contributed by atoms with Crippen LogP contribution in [0.1, 0.15) is 58.3 Å². The van der Waals surface area contributed by atoms with Gasteiger partial charge in [0.25, 0.3) is 11.8 Å². The lowest BCUT2D eigenvalue weighted by Crippen LogP contribution is -2.52. The van der Waals surface area contributed by atoms with E-state index in [9.17, 15) is 37.5 Å². The van der Waals surface area contributed by atoms with Crippen LogP contribution < -0.4 is 20.1 Å². The normalized spacial score (nSPS) is 15.0. The fourth-order valence-electron chi connectivity index (χ4n) is 7.70. The van der Waals surface area contributed by atoms with Crippen molar-refractivity contribution in [1.29, 1.82) is 0 Å². The second-order valence-corrected chi connectivity index (χ2v) is 15.9. The molecule has 1 saturated heterocycles. The van der Waals surface area contributed by atoms with Crippen molar-refractivity contribution in [3.8, 4) is 34.6 Å². The molecule has 2 aliphatic rings. The van der Waals surface area contributed by atoms with Crippen LogP contribution in [0.5, 0.6) is 17.4 Å². The number of aromatic amines is 1. The van der Waals surface area contributed by atoms with Gasteiger partial charge in [0, 0.05) is 59.9 Å². The molecule has 1 unspecified atom stereocenters. The zero-order valence-electron chi connectivity index (χ0n) is 34.8. The molecule has 1 atom stereocenters. The van der Waals surface area contributed by atoms with Crippen LogP contribution in [0.4, 0.5) is 13.2 Å². The van der Waals surface area contributed by atoms with E-state index in [-0.39, 0.29) is 55.5 Å². The molecule has 2 aliphatic heterocycles. The highest BCUT2D eigenvalue weighted by Gasteiger charge is 2.40. The van der Waals surface area contributed by atoms with Crippen molar-refractivity contribution in [3.05, 3.63) is 118 Å². The van der Waals surface area contributed by atoms with E-state index in [1.807, 2.05) is 24.3 Å². The van der Waals surface area contributed by atoms with Gasteiger partial charge in [0.1, 0.15) is 23.2 Å². The quantitative estimate of drug-likeness (QED) is 0.0533. The molecule has 4 aromatic carbocycles. The lowest BCUT2D eigenvalue weighted by molar-refractivity contribution is -0.138. The minimum absolute atomic E-state index is 0.139. The van der Waals surface area contributed by atoms with Crippen molar-refractivity contribution in [2.75, 3.05) is 33.0 Å². The molecule has 8 rings (SSSR count). The lowest BCUT2D eigenvalue weighted by atomic mass is 10.00. The second-order valence-electron chi connectivity index (χ2n) is 15.5. The molecule has 1 fully saturated rings. The van der Waals surface area contributed by atoms with Gasteiger partial charge in [-0.15, -0.1) is 0 Å². The number of carbonyl (C=O) groups excluding carboxylic acids is 4. The van der Waals surface area contributed by atoms with E-state index < -0.39 is 23.7 Å². The first kappa shape index (κ1) is 44.7. The Balaban J connectivity index is 0.752. The monoisotopic (exact) mass is 913 g/mol. The van der Waals surface area contributed by atoms with Gasteiger partial charge in [-0.05, 0) is 85.8 Å². The highest BCUT2D eigenvalue weighted by atomic mass is 35.5. The van der Waals surface area contributed by atoms with E-state index in [4.69, 9.17) is 25.8 Å². The van der Waals surface area contributed by atoms with Crippen molar-refractivity contribution in [2.24, 2.45) is 0 Å². The highest BCUT2D eigenvalue weighted by molar-refractivity contribution is 6.31. The number of imidazole rings is 1. The van der Waals surface area contributed by atoms with Gasteiger partial charge in [0.15, 0.2) is 6.61 Å². The topological polar surface area (TPSA) is 190 Å². The van der Waals surface area contributed by atoms with E-state index >= 15 is 0 Å². The molecule has 338 valence electrons. The fourth-order valence-corrected chi connectivity index (χ4v) is 7.86. The first-order valence-electron chi connectivity index (χ1n) is 20.9. The summed E-state index contributed by atoms with van der Waals surface area (Å²) in [6, 6.07) is 21.4. The van der Waals surface area contributed by atoms with Gasteiger partial charge in [-0.1, -0.05) is 41.9 Å². The van der Waals surface area contributed by atoms with E-state index in [2.05, 4.69) is 25.7 Å². The van der Waals surface area contributed by atoms with Crippen LogP contribution in [0.15, 0.2) is 84.9 Å². The van der Waals surface area contributed by atoms with Crippen LogP contribution in [0.25, 0.3) is 28.2 Å². The summed E-state index contributed by atoms with van der Waals surface area (Å²) < 4.78 is 58.6. The van der Waals surface area contributed by atoms with E-state index in [0.717, 1.165) is 17.7 Å². The molecule has 0 radical (unpaired) electrons. The summed E-state index contributed by atoms with van der Waals surface area (Å²) in [5, 5.41) is 21.6. The summed E-state index contributed by atoms with van der Waals surface area (Å²) in [6.07, 6.45) is -2.11. The Morgan fingerprint density at radius 3 is 2.49 bits per heavy atom. The third-order valence-electron chi connectivity index (χ3n) is 11.0. The van der Waals surface area contributed by atoms with Gasteiger partial charge in [-0.3, -0.25) is 24.5 Å². The van der Waals surface area contributed by atoms with Gasteiger partial charge in [-0.2, -0.15) is 23.0 Å². The van der Waals surface area contributed by atoms with Gasteiger partial charge in [0.05, 0.1) is 29.7 Å². The Labute approximate surface area is 374 Å². The predicted molar refractivity (Wildman–Crippen MR) is 231 cm³/mol. The number of alkyl halides is 3. The number of imide groups is 1. The zero-order chi connectivity index (χ0) is 45.7. The maximum absolute atomic E-state index is 13.3. The average molecular weight is 914 g/mol. The molecule has 4 amide bonds. The average Bonchev–Trinajstić information content (AvgIpc) is 3.96. The van der Waals surface area contributed by atoms with Crippen molar-refractivity contribution in [2.45, 2.75) is 57.3 Å². The third kappa shape index (κ3) is 10.4. The number of nitrogens with one attached hydrogen (secondary N) is 3.